The van der Waals surface area contributed by atoms with Crippen molar-refractivity contribution in [2.24, 2.45) is 0 Å². The maximum atomic E-state index is 12.5. The Morgan fingerprint density at radius 2 is 1.97 bits per heavy atom. The van der Waals surface area contributed by atoms with E-state index in [1.165, 1.54) is 4.68 Å². The fraction of sp³-hybridized carbons (Fsp3) is 0.238. The van der Waals surface area contributed by atoms with E-state index in [2.05, 4.69) is 20.6 Å². The Morgan fingerprint density at radius 1 is 1.13 bits per heavy atom. The van der Waals surface area contributed by atoms with Gasteiger partial charge in [-0.25, -0.2) is 4.68 Å². The van der Waals surface area contributed by atoms with Crippen LogP contribution in [0.15, 0.2) is 55.2 Å². The zero-order valence-electron chi connectivity index (χ0n) is 17.2. The lowest BCUT2D eigenvalue weighted by Gasteiger charge is -2.08. The number of halogens is 1. The topological polar surface area (TPSA) is 91.8 Å². The van der Waals surface area contributed by atoms with Crippen LogP contribution < -0.4 is 10.1 Å². The number of carbonyl (C=O) groups is 1. The number of nitrogens with one attached hydrogen (secondary N) is 1. The molecule has 1 N–H and O–H groups in total. The van der Waals surface area contributed by atoms with E-state index in [4.69, 9.17) is 16.3 Å². The molecule has 0 aliphatic rings. The van der Waals surface area contributed by atoms with Crippen molar-refractivity contribution >= 4 is 23.2 Å². The van der Waals surface area contributed by atoms with Gasteiger partial charge in [0, 0.05) is 30.7 Å². The normalized spacial score (nSPS) is 10.9. The van der Waals surface area contributed by atoms with E-state index in [1.54, 1.807) is 35.4 Å². The molecule has 0 atom stereocenters. The number of hydrogen-bond acceptors (Lipinski definition) is 5. The number of aryl methyl sites for hydroxylation is 2. The largest absolute Gasteiger partial charge is 0.470 e. The van der Waals surface area contributed by atoms with Gasteiger partial charge in [0.25, 0.3) is 5.91 Å². The van der Waals surface area contributed by atoms with Crippen LogP contribution in [0.3, 0.4) is 0 Å². The third-order valence-electron chi connectivity index (χ3n) is 4.56. The van der Waals surface area contributed by atoms with Crippen LogP contribution in [0, 0.1) is 6.92 Å². The van der Waals surface area contributed by atoms with Gasteiger partial charge in [-0.1, -0.05) is 17.7 Å². The molecule has 0 saturated heterocycles. The minimum absolute atomic E-state index is 0.139. The van der Waals surface area contributed by atoms with Crippen LogP contribution in [0.4, 0.5) is 5.69 Å². The van der Waals surface area contributed by atoms with E-state index >= 15 is 0 Å². The monoisotopic (exact) mass is 439 g/mol. The van der Waals surface area contributed by atoms with Gasteiger partial charge < -0.3 is 10.1 Å². The molecular formula is C21H22ClN7O2. The SMILES string of the molecule is CCn1cc(Cn2cc(NC(=O)c3ccn(COc4cc(C)ccc4Cl)n3)cn2)cn1. The first-order valence-corrected chi connectivity index (χ1v) is 10.2. The van der Waals surface area contributed by atoms with Crippen LogP contribution >= 0.6 is 11.6 Å². The van der Waals surface area contributed by atoms with E-state index in [-0.39, 0.29) is 18.3 Å². The third kappa shape index (κ3) is 5.13. The van der Waals surface area contributed by atoms with Crippen molar-refractivity contribution in [2.75, 3.05) is 5.32 Å². The minimum atomic E-state index is -0.328. The maximum absolute atomic E-state index is 12.5. The molecule has 9 nitrogen and oxygen atoms in total. The number of benzene rings is 1. The summed E-state index contributed by atoms with van der Waals surface area (Å²) in [4.78, 5) is 12.5. The van der Waals surface area contributed by atoms with Crippen molar-refractivity contribution in [3.05, 3.63) is 77.1 Å². The van der Waals surface area contributed by atoms with Gasteiger partial charge in [0.1, 0.15) is 5.75 Å². The van der Waals surface area contributed by atoms with Gasteiger partial charge in [-0.05, 0) is 37.6 Å². The summed E-state index contributed by atoms with van der Waals surface area (Å²) in [7, 11) is 0. The van der Waals surface area contributed by atoms with Gasteiger partial charge in [0.05, 0.1) is 29.6 Å². The van der Waals surface area contributed by atoms with E-state index < -0.39 is 0 Å². The predicted octanol–water partition coefficient (Wildman–Crippen LogP) is 3.59. The Hall–Kier alpha value is -3.59. The van der Waals surface area contributed by atoms with Crippen LogP contribution in [-0.2, 0) is 19.8 Å². The van der Waals surface area contributed by atoms with Crippen LogP contribution in [0.5, 0.6) is 5.75 Å². The number of carbonyl (C=O) groups excluding carboxylic acids is 1. The number of rotatable bonds is 8. The molecule has 4 rings (SSSR count). The van der Waals surface area contributed by atoms with Crippen LogP contribution in [0.1, 0.15) is 28.5 Å². The van der Waals surface area contributed by atoms with Crippen molar-refractivity contribution in [1.82, 2.24) is 29.3 Å². The van der Waals surface area contributed by atoms with E-state index in [9.17, 15) is 4.79 Å². The molecule has 4 aromatic rings. The average molecular weight is 440 g/mol. The molecular weight excluding hydrogens is 418 g/mol. The molecule has 0 bridgehead atoms. The summed E-state index contributed by atoms with van der Waals surface area (Å²) in [5.41, 5.74) is 2.94. The summed E-state index contributed by atoms with van der Waals surface area (Å²) in [6.45, 7) is 5.52. The second kappa shape index (κ2) is 9.05. The highest BCUT2D eigenvalue weighted by Crippen LogP contribution is 2.25. The van der Waals surface area contributed by atoms with Crippen molar-refractivity contribution in [1.29, 1.82) is 0 Å². The van der Waals surface area contributed by atoms with Gasteiger partial charge in [0.2, 0.25) is 0 Å². The van der Waals surface area contributed by atoms with Crippen molar-refractivity contribution in [3.8, 4) is 5.75 Å². The highest BCUT2D eigenvalue weighted by atomic mass is 35.5. The molecule has 31 heavy (non-hydrogen) atoms. The van der Waals surface area contributed by atoms with Gasteiger partial charge in [0.15, 0.2) is 12.4 Å². The Balaban J connectivity index is 1.33. The zero-order valence-corrected chi connectivity index (χ0v) is 18.0. The van der Waals surface area contributed by atoms with E-state index in [1.807, 2.05) is 43.1 Å². The summed E-state index contributed by atoms with van der Waals surface area (Å²) in [5.74, 6) is 0.241. The third-order valence-corrected chi connectivity index (χ3v) is 4.87. The molecule has 0 aliphatic carbocycles. The van der Waals surface area contributed by atoms with Gasteiger partial charge >= 0.3 is 0 Å². The molecule has 3 heterocycles. The van der Waals surface area contributed by atoms with Crippen LogP contribution in [-0.4, -0.2) is 35.2 Å². The lowest BCUT2D eigenvalue weighted by molar-refractivity contribution is 0.102. The first kappa shape index (κ1) is 20.7. The summed E-state index contributed by atoms with van der Waals surface area (Å²) in [6, 6.07) is 7.17. The Kier molecular flexibility index (Phi) is 6.03. The fourth-order valence-electron chi connectivity index (χ4n) is 2.97. The number of aromatic nitrogens is 6. The number of anilines is 1. The molecule has 160 valence electrons. The quantitative estimate of drug-likeness (QED) is 0.453. The van der Waals surface area contributed by atoms with Crippen molar-refractivity contribution < 1.29 is 9.53 Å². The average Bonchev–Trinajstić information content (AvgIpc) is 3.50. The van der Waals surface area contributed by atoms with Gasteiger partial charge in [-0.2, -0.15) is 15.3 Å². The van der Waals surface area contributed by atoms with Crippen molar-refractivity contribution in [3.63, 3.8) is 0 Å². The van der Waals surface area contributed by atoms with Crippen molar-refractivity contribution in [2.45, 2.75) is 33.7 Å². The Morgan fingerprint density at radius 3 is 2.77 bits per heavy atom. The van der Waals surface area contributed by atoms with Crippen LogP contribution in [0.2, 0.25) is 5.02 Å². The molecule has 1 aromatic carbocycles. The first-order valence-electron chi connectivity index (χ1n) is 9.77. The first-order chi connectivity index (χ1) is 15.0. The highest BCUT2D eigenvalue weighted by Gasteiger charge is 2.12. The molecule has 0 spiro atoms. The van der Waals surface area contributed by atoms with Gasteiger partial charge in [-0.15, -0.1) is 0 Å². The summed E-state index contributed by atoms with van der Waals surface area (Å²) >= 11 is 6.14. The molecule has 0 radical (unpaired) electrons. The smallest absolute Gasteiger partial charge is 0.276 e. The molecule has 0 fully saturated rings. The molecule has 1 amide bonds. The maximum Gasteiger partial charge on any atom is 0.276 e. The summed E-state index contributed by atoms with van der Waals surface area (Å²) in [5, 5.41) is 16.1. The summed E-state index contributed by atoms with van der Waals surface area (Å²) < 4.78 is 10.8. The minimum Gasteiger partial charge on any atom is -0.470 e. The lowest BCUT2D eigenvalue weighted by atomic mass is 10.2. The second-order valence-corrected chi connectivity index (χ2v) is 7.44. The number of hydrogen-bond donors (Lipinski definition) is 1. The second-order valence-electron chi connectivity index (χ2n) is 7.03. The number of ether oxygens (including phenoxy) is 1. The van der Waals surface area contributed by atoms with E-state index in [0.717, 1.165) is 17.7 Å². The molecule has 3 aromatic heterocycles. The summed E-state index contributed by atoms with van der Waals surface area (Å²) in [6.07, 6.45) is 8.82. The zero-order chi connectivity index (χ0) is 21.8. The number of nitrogens with zero attached hydrogens (tertiary/aromatic N) is 6. The molecule has 0 unspecified atom stereocenters. The fourth-order valence-corrected chi connectivity index (χ4v) is 3.14. The highest BCUT2D eigenvalue weighted by molar-refractivity contribution is 6.32. The Labute approximate surface area is 184 Å². The van der Waals surface area contributed by atoms with Gasteiger partial charge in [-0.3, -0.25) is 14.2 Å². The molecule has 0 aliphatic heterocycles. The molecule has 0 saturated carbocycles. The predicted molar refractivity (Wildman–Crippen MR) is 116 cm³/mol. The Bertz CT molecular complexity index is 1190. The van der Waals surface area contributed by atoms with Crippen LogP contribution in [0.25, 0.3) is 0 Å². The van der Waals surface area contributed by atoms with E-state index in [0.29, 0.717) is 23.0 Å². The standard InChI is InChI=1S/C21H22ClN7O2/c1-3-27-11-16(9-23-27)12-29-13-17(10-24-29)25-21(30)19-6-7-28(26-19)14-31-20-8-15(2)4-5-18(20)22/h4-11,13H,3,12,14H2,1-2H3,(H,25,30). The number of amides is 1. The molecule has 10 heteroatoms. The lowest BCUT2D eigenvalue weighted by Crippen LogP contribution is -2.14.